The van der Waals surface area contributed by atoms with E-state index in [9.17, 15) is 14.4 Å². The molecular formula is C57H94O6. The van der Waals surface area contributed by atoms with Crippen molar-refractivity contribution < 1.29 is 28.6 Å². The van der Waals surface area contributed by atoms with E-state index >= 15 is 0 Å². The van der Waals surface area contributed by atoms with Gasteiger partial charge in [-0.25, -0.2) is 0 Å². The van der Waals surface area contributed by atoms with Gasteiger partial charge in [0.25, 0.3) is 0 Å². The minimum Gasteiger partial charge on any atom is -0.462 e. The quantitative estimate of drug-likeness (QED) is 0.0199. The summed E-state index contributed by atoms with van der Waals surface area (Å²) in [5, 5.41) is 0. The largest absolute Gasteiger partial charge is 0.462 e. The number of esters is 3. The normalized spacial score (nSPS) is 12.9. The summed E-state index contributed by atoms with van der Waals surface area (Å²) in [7, 11) is 0. The molecule has 6 heteroatoms. The van der Waals surface area contributed by atoms with Gasteiger partial charge in [-0.3, -0.25) is 14.4 Å². The number of carbonyl (C=O) groups excluding carboxylic acids is 3. The number of rotatable bonds is 45. The van der Waals surface area contributed by atoms with Gasteiger partial charge in [-0.15, -0.1) is 0 Å². The van der Waals surface area contributed by atoms with E-state index in [0.29, 0.717) is 19.3 Å². The standard InChI is InChI=1S/C57H94O6/c1-4-7-10-13-16-19-22-25-27-28-30-32-35-38-41-44-47-50-56(59)62-53-54(52-61-55(58)49-46-43-40-37-34-31-24-21-18-15-12-9-6-3)63-57(60)51-48-45-42-39-36-33-29-26-23-20-17-14-11-8-5-2/h7,9-10,12,15-16,18-19,21,24-25,27,30,32,38,41,54H,4-6,8,11,13-14,17,20,22-23,26,28-29,31,33-37,39-40,42-53H2,1-3H3/b10-7-,12-9-,18-15-,19-16-,24-21-,27-25-,32-30-,41-38-. The zero-order chi connectivity index (χ0) is 45.8. The van der Waals surface area contributed by atoms with Gasteiger partial charge in [0.05, 0.1) is 0 Å². The van der Waals surface area contributed by atoms with E-state index in [1.165, 1.54) is 77.0 Å². The van der Waals surface area contributed by atoms with Crippen LogP contribution in [0.2, 0.25) is 0 Å². The summed E-state index contributed by atoms with van der Waals surface area (Å²) in [4.78, 5) is 38.0. The summed E-state index contributed by atoms with van der Waals surface area (Å²) in [5.74, 6) is -0.985. The number of carbonyl (C=O) groups is 3. The van der Waals surface area contributed by atoms with Crippen LogP contribution in [0.15, 0.2) is 97.2 Å². The molecule has 0 bridgehead atoms. The molecule has 0 heterocycles. The Balaban J connectivity index is 4.50. The molecule has 0 amide bonds. The highest BCUT2D eigenvalue weighted by Crippen LogP contribution is 2.15. The lowest BCUT2D eigenvalue weighted by atomic mass is 10.0. The molecule has 358 valence electrons. The highest BCUT2D eigenvalue weighted by atomic mass is 16.6. The van der Waals surface area contributed by atoms with Crippen LogP contribution in [0, 0.1) is 0 Å². The maximum atomic E-state index is 12.8. The number of ether oxygens (including phenoxy) is 3. The van der Waals surface area contributed by atoms with Crippen molar-refractivity contribution in [3.05, 3.63) is 97.2 Å². The van der Waals surface area contributed by atoms with E-state index < -0.39 is 6.10 Å². The molecule has 1 atom stereocenters. The SMILES string of the molecule is CC\C=C/C=C\C=C/CCCCCCCC(=O)OCC(COC(=O)CCC/C=C\C/C=C\C/C=C\C/C=C\C/C=C\CC)OC(=O)CCCCCCCCCCCCCCCCC. The van der Waals surface area contributed by atoms with Gasteiger partial charge >= 0.3 is 17.9 Å². The minimum atomic E-state index is -0.807. The number of hydrogen-bond donors (Lipinski definition) is 0. The van der Waals surface area contributed by atoms with Gasteiger partial charge in [0.1, 0.15) is 13.2 Å². The van der Waals surface area contributed by atoms with Gasteiger partial charge in [-0.2, -0.15) is 0 Å². The van der Waals surface area contributed by atoms with Crippen molar-refractivity contribution in [3.63, 3.8) is 0 Å². The van der Waals surface area contributed by atoms with E-state index in [2.05, 4.69) is 118 Å². The molecule has 0 saturated carbocycles. The van der Waals surface area contributed by atoms with Crippen molar-refractivity contribution in [2.24, 2.45) is 0 Å². The fraction of sp³-hybridized carbons (Fsp3) is 0.667. The number of hydrogen-bond acceptors (Lipinski definition) is 6. The lowest BCUT2D eigenvalue weighted by molar-refractivity contribution is -0.167. The summed E-state index contributed by atoms with van der Waals surface area (Å²) in [6.07, 6.45) is 66.8. The van der Waals surface area contributed by atoms with Gasteiger partial charge in [-0.1, -0.05) is 227 Å². The minimum absolute atomic E-state index is 0.105. The molecule has 6 nitrogen and oxygen atoms in total. The molecule has 0 N–H and O–H groups in total. The Morgan fingerprint density at radius 1 is 0.349 bits per heavy atom. The molecule has 0 aromatic rings. The Labute approximate surface area is 387 Å². The van der Waals surface area contributed by atoms with E-state index in [-0.39, 0.29) is 37.5 Å². The fourth-order valence-electron chi connectivity index (χ4n) is 6.83. The zero-order valence-corrected chi connectivity index (χ0v) is 40.8. The van der Waals surface area contributed by atoms with Gasteiger partial charge in [0, 0.05) is 19.3 Å². The maximum Gasteiger partial charge on any atom is 0.306 e. The Hall–Kier alpha value is -3.67. The fourth-order valence-corrected chi connectivity index (χ4v) is 6.83. The average Bonchev–Trinajstić information content (AvgIpc) is 3.28. The van der Waals surface area contributed by atoms with Crippen LogP contribution in [0.4, 0.5) is 0 Å². The molecule has 0 aromatic heterocycles. The summed E-state index contributed by atoms with van der Waals surface area (Å²) in [6.45, 7) is 6.32. The van der Waals surface area contributed by atoms with Crippen molar-refractivity contribution in [2.45, 2.75) is 232 Å². The molecule has 0 aliphatic heterocycles. The zero-order valence-electron chi connectivity index (χ0n) is 40.8. The molecule has 0 aliphatic rings. The van der Waals surface area contributed by atoms with E-state index in [1.54, 1.807) is 0 Å². The van der Waals surface area contributed by atoms with Crippen LogP contribution >= 0.6 is 0 Å². The third kappa shape index (κ3) is 49.2. The Morgan fingerprint density at radius 3 is 1.19 bits per heavy atom. The van der Waals surface area contributed by atoms with Crippen LogP contribution < -0.4 is 0 Å². The molecule has 1 unspecified atom stereocenters. The van der Waals surface area contributed by atoms with E-state index in [4.69, 9.17) is 14.2 Å². The predicted molar refractivity (Wildman–Crippen MR) is 270 cm³/mol. The Bertz CT molecular complexity index is 1280. The summed E-state index contributed by atoms with van der Waals surface area (Å²) >= 11 is 0. The third-order valence-electron chi connectivity index (χ3n) is 10.6. The lowest BCUT2D eigenvalue weighted by Crippen LogP contribution is -2.30. The first-order valence-electron chi connectivity index (χ1n) is 25.8. The molecule has 0 radical (unpaired) electrons. The Kier molecular flexibility index (Phi) is 48.0. The van der Waals surface area contributed by atoms with Crippen LogP contribution in [-0.4, -0.2) is 37.2 Å². The van der Waals surface area contributed by atoms with Crippen molar-refractivity contribution in [1.29, 1.82) is 0 Å². The summed E-state index contributed by atoms with van der Waals surface area (Å²) in [6, 6.07) is 0. The molecule has 0 spiro atoms. The van der Waals surface area contributed by atoms with Gasteiger partial charge < -0.3 is 14.2 Å². The van der Waals surface area contributed by atoms with Crippen LogP contribution in [-0.2, 0) is 28.6 Å². The second-order valence-electron chi connectivity index (χ2n) is 16.7. The number of allylic oxidation sites excluding steroid dienone is 16. The first-order chi connectivity index (χ1) is 31.0. The molecule has 0 saturated heterocycles. The monoisotopic (exact) mass is 875 g/mol. The van der Waals surface area contributed by atoms with Gasteiger partial charge in [0.2, 0.25) is 0 Å². The Morgan fingerprint density at radius 2 is 0.714 bits per heavy atom. The van der Waals surface area contributed by atoms with Crippen molar-refractivity contribution >= 4 is 17.9 Å². The number of unbranched alkanes of at least 4 members (excludes halogenated alkanes) is 20. The van der Waals surface area contributed by atoms with E-state index in [0.717, 1.165) is 103 Å². The lowest BCUT2D eigenvalue weighted by Gasteiger charge is -2.18. The van der Waals surface area contributed by atoms with Gasteiger partial charge in [0.15, 0.2) is 6.10 Å². The van der Waals surface area contributed by atoms with Crippen molar-refractivity contribution in [3.8, 4) is 0 Å². The highest BCUT2D eigenvalue weighted by Gasteiger charge is 2.19. The topological polar surface area (TPSA) is 78.9 Å². The van der Waals surface area contributed by atoms with Crippen molar-refractivity contribution in [2.75, 3.05) is 13.2 Å². The molecule has 0 rings (SSSR count). The maximum absolute atomic E-state index is 12.8. The van der Waals surface area contributed by atoms with Gasteiger partial charge in [-0.05, 0) is 77.0 Å². The molecule has 0 fully saturated rings. The van der Waals surface area contributed by atoms with Crippen molar-refractivity contribution in [1.82, 2.24) is 0 Å². The third-order valence-corrected chi connectivity index (χ3v) is 10.6. The predicted octanol–water partition coefficient (Wildman–Crippen LogP) is 17.0. The molecular weight excluding hydrogens is 781 g/mol. The summed E-state index contributed by atoms with van der Waals surface area (Å²) < 4.78 is 16.7. The first kappa shape index (κ1) is 59.3. The molecule has 0 aromatic carbocycles. The molecule has 63 heavy (non-hydrogen) atoms. The van der Waals surface area contributed by atoms with Crippen LogP contribution in [0.25, 0.3) is 0 Å². The first-order valence-corrected chi connectivity index (χ1v) is 25.8. The second kappa shape index (κ2) is 51.0. The van der Waals surface area contributed by atoms with Crippen LogP contribution in [0.3, 0.4) is 0 Å². The average molecular weight is 875 g/mol. The summed E-state index contributed by atoms with van der Waals surface area (Å²) in [5.41, 5.74) is 0. The molecule has 0 aliphatic carbocycles. The van der Waals surface area contributed by atoms with E-state index in [1.807, 2.05) is 0 Å². The highest BCUT2D eigenvalue weighted by molar-refractivity contribution is 5.71. The smallest absolute Gasteiger partial charge is 0.306 e. The second-order valence-corrected chi connectivity index (χ2v) is 16.7. The van der Waals surface area contributed by atoms with Crippen LogP contribution in [0.1, 0.15) is 226 Å². The van der Waals surface area contributed by atoms with Crippen LogP contribution in [0.5, 0.6) is 0 Å².